The van der Waals surface area contributed by atoms with E-state index in [1.807, 2.05) is 20.8 Å². The van der Waals surface area contributed by atoms with Gasteiger partial charge in [0.25, 0.3) is 5.89 Å². The summed E-state index contributed by atoms with van der Waals surface area (Å²) in [5.41, 5.74) is -0.927. The molecular formula is C9H14N2O2. The zero-order valence-corrected chi connectivity index (χ0v) is 8.16. The molecule has 0 spiro atoms. The molecule has 72 valence electrons. The minimum absolute atomic E-state index is 0.118. The zero-order valence-electron chi connectivity index (χ0n) is 8.16. The van der Waals surface area contributed by atoms with Crippen LogP contribution in [0.25, 0.3) is 0 Å². The van der Waals surface area contributed by atoms with Crippen molar-refractivity contribution >= 4 is 0 Å². The van der Waals surface area contributed by atoms with Crippen LogP contribution >= 0.6 is 0 Å². The fourth-order valence-corrected chi connectivity index (χ4v) is 1.05. The molecule has 1 aliphatic rings. The number of hydrogen-bond acceptors (Lipinski definition) is 4. The van der Waals surface area contributed by atoms with Crippen molar-refractivity contribution in [3.63, 3.8) is 0 Å². The van der Waals surface area contributed by atoms with Gasteiger partial charge in [-0.1, -0.05) is 25.9 Å². The van der Waals surface area contributed by atoms with Gasteiger partial charge in [0.05, 0.1) is 0 Å². The van der Waals surface area contributed by atoms with Crippen molar-refractivity contribution in [3.05, 3.63) is 11.7 Å². The maximum atomic E-state index is 9.68. The molecular weight excluding hydrogens is 168 g/mol. The lowest BCUT2D eigenvalue weighted by Gasteiger charge is -2.11. The fraction of sp³-hybridized carbons (Fsp3) is 0.778. The average Bonchev–Trinajstić information content (AvgIpc) is 2.60. The molecule has 2 rings (SSSR count). The van der Waals surface area contributed by atoms with Gasteiger partial charge >= 0.3 is 0 Å². The van der Waals surface area contributed by atoms with E-state index in [9.17, 15) is 5.11 Å². The van der Waals surface area contributed by atoms with Crippen LogP contribution in [0.1, 0.15) is 45.3 Å². The molecule has 13 heavy (non-hydrogen) atoms. The molecule has 0 amide bonds. The number of rotatable bonds is 1. The second-order valence-corrected chi connectivity index (χ2v) is 4.70. The lowest BCUT2D eigenvalue weighted by molar-refractivity contribution is 0.108. The van der Waals surface area contributed by atoms with E-state index < -0.39 is 5.60 Å². The highest BCUT2D eigenvalue weighted by atomic mass is 16.5. The van der Waals surface area contributed by atoms with E-state index in [4.69, 9.17) is 4.52 Å². The van der Waals surface area contributed by atoms with Crippen LogP contribution in [-0.4, -0.2) is 15.2 Å². The summed E-state index contributed by atoms with van der Waals surface area (Å²) in [7, 11) is 0. The Bertz CT molecular complexity index is 301. The third kappa shape index (κ3) is 1.46. The van der Waals surface area contributed by atoms with E-state index in [1.165, 1.54) is 0 Å². The molecule has 4 nitrogen and oxygen atoms in total. The predicted molar refractivity (Wildman–Crippen MR) is 46.1 cm³/mol. The Morgan fingerprint density at radius 1 is 1.38 bits per heavy atom. The Morgan fingerprint density at radius 2 is 2.00 bits per heavy atom. The summed E-state index contributed by atoms with van der Waals surface area (Å²) >= 11 is 0. The van der Waals surface area contributed by atoms with Crippen LogP contribution in [0.4, 0.5) is 0 Å². The van der Waals surface area contributed by atoms with Crippen LogP contribution in [0.5, 0.6) is 0 Å². The maximum absolute atomic E-state index is 9.68. The second-order valence-electron chi connectivity index (χ2n) is 4.70. The largest absolute Gasteiger partial charge is 0.380 e. The van der Waals surface area contributed by atoms with Gasteiger partial charge in [-0.25, -0.2) is 0 Å². The summed E-state index contributed by atoms with van der Waals surface area (Å²) in [5.74, 6) is 1.03. The van der Waals surface area contributed by atoms with Crippen LogP contribution in [0, 0.1) is 0 Å². The summed E-state index contributed by atoms with van der Waals surface area (Å²) in [5, 5.41) is 13.5. The molecule has 0 unspecified atom stereocenters. The monoisotopic (exact) mass is 182 g/mol. The summed E-state index contributed by atoms with van der Waals surface area (Å²) in [6.45, 7) is 6.04. The van der Waals surface area contributed by atoms with E-state index in [1.54, 1.807) is 0 Å². The summed E-state index contributed by atoms with van der Waals surface area (Å²) in [4.78, 5) is 4.19. The van der Waals surface area contributed by atoms with Crippen LogP contribution in [-0.2, 0) is 11.0 Å². The van der Waals surface area contributed by atoms with E-state index in [0.29, 0.717) is 11.7 Å². The van der Waals surface area contributed by atoms with Crippen LogP contribution in [0.3, 0.4) is 0 Å². The third-order valence-electron chi connectivity index (χ3n) is 2.22. The first-order chi connectivity index (χ1) is 5.92. The SMILES string of the molecule is CC(C)(C)c1noc(C2(O)CC2)n1. The minimum atomic E-state index is -0.809. The average molecular weight is 182 g/mol. The highest BCUT2D eigenvalue weighted by Gasteiger charge is 2.48. The van der Waals surface area contributed by atoms with Crippen LogP contribution in [0.2, 0.25) is 0 Å². The normalized spacial score (nSPS) is 20.3. The standard InChI is InChI=1S/C9H14N2O2/c1-8(2,3)6-10-7(13-11-6)9(12)4-5-9/h12H,4-5H2,1-3H3. The van der Waals surface area contributed by atoms with Crippen molar-refractivity contribution in [1.29, 1.82) is 0 Å². The summed E-state index contributed by atoms with van der Waals surface area (Å²) < 4.78 is 5.01. The molecule has 4 heteroatoms. The molecule has 0 atom stereocenters. The molecule has 1 heterocycles. The van der Waals surface area contributed by atoms with E-state index >= 15 is 0 Å². The smallest absolute Gasteiger partial charge is 0.258 e. The highest BCUT2D eigenvalue weighted by molar-refractivity contribution is 5.10. The number of aliphatic hydroxyl groups is 1. The third-order valence-corrected chi connectivity index (χ3v) is 2.22. The Labute approximate surface area is 77.0 Å². The summed E-state index contributed by atoms with van der Waals surface area (Å²) in [6.07, 6.45) is 1.47. The van der Waals surface area contributed by atoms with Crippen molar-refractivity contribution in [1.82, 2.24) is 10.1 Å². The maximum Gasteiger partial charge on any atom is 0.258 e. The lowest BCUT2D eigenvalue weighted by atomic mass is 9.96. The van der Waals surface area contributed by atoms with Gasteiger partial charge in [0.1, 0.15) is 5.60 Å². The fourth-order valence-electron chi connectivity index (χ4n) is 1.05. The predicted octanol–water partition coefficient (Wildman–Crippen LogP) is 1.35. The van der Waals surface area contributed by atoms with Crippen LogP contribution in [0.15, 0.2) is 4.52 Å². The minimum Gasteiger partial charge on any atom is -0.380 e. The molecule has 0 saturated heterocycles. The van der Waals surface area contributed by atoms with Crippen molar-refractivity contribution in [2.24, 2.45) is 0 Å². The quantitative estimate of drug-likeness (QED) is 0.712. The van der Waals surface area contributed by atoms with Gasteiger partial charge < -0.3 is 9.63 Å². The number of nitrogens with zero attached hydrogens (tertiary/aromatic N) is 2. The van der Waals surface area contributed by atoms with E-state index in [-0.39, 0.29) is 5.41 Å². The molecule has 0 aromatic carbocycles. The van der Waals surface area contributed by atoms with Crippen LogP contribution < -0.4 is 0 Å². The zero-order chi connectivity index (χ0) is 9.69. The van der Waals surface area contributed by atoms with Crippen molar-refractivity contribution in [2.75, 3.05) is 0 Å². The molecule has 0 radical (unpaired) electrons. The van der Waals surface area contributed by atoms with Gasteiger partial charge in [-0.15, -0.1) is 0 Å². The van der Waals surface area contributed by atoms with Gasteiger partial charge in [-0.05, 0) is 12.8 Å². The van der Waals surface area contributed by atoms with Gasteiger partial charge in [0.2, 0.25) is 0 Å². The molecule has 1 aliphatic carbocycles. The molecule has 0 aliphatic heterocycles. The molecule has 1 saturated carbocycles. The highest BCUT2D eigenvalue weighted by Crippen LogP contribution is 2.44. The molecule has 1 fully saturated rings. The van der Waals surface area contributed by atoms with Crippen molar-refractivity contribution in [3.8, 4) is 0 Å². The molecule has 1 N–H and O–H groups in total. The summed E-state index contributed by atoms with van der Waals surface area (Å²) in [6, 6.07) is 0. The molecule has 1 aromatic heterocycles. The first-order valence-electron chi connectivity index (χ1n) is 4.49. The van der Waals surface area contributed by atoms with E-state index in [2.05, 4.69) is 10.1 Å². The van der Waals surface area contributed by atoms with Gasteiger partial charge in [-0.2, -0.15) is 4.98 Å². The molecule has 1 aromatic rings. The Morgan fingerprint density at radius 3 is 2.38 bits per heavy atom. The number of aromatic nitrogens is 2. The lowest BCUT2D eigenvalue weighted by Crippen LogP contribution is -2.14. The Hall–Kier alpha value is -0.900. The van der Waals surface area contributed by atoms with Gasteiger partial charge in [-0.3, -0.25) is 0 Å². The second kappa shape index (κ2) is 2.32. The first-order valence-corrected chi connectivity index (χ1v) is 4.49. The topological polar surface area (TPSA) is 59.2 Å². The van der Waals surface area contributed by atoms with E-state index in [0.717, 1.165) is 12.8 Å². The molecule has 0 bridgehead atoms. The Balaban J connectivity index is 2.29. The van der Waals surface area contributed by atoms with Crippen molar-refractivity contribution in [2.45, 2.75) is 44.6 Å². The van der Waals surface area contributed by atoms with Gasteiger partial charge in [0, 0.05) is 5.41 Å². The first kappa shape index (κ1) is 8.69. The number of hydrogen-bond donors (Lipinski definition) is 1. The Kier molecular flexibility index (Phi) is 1.55. The van der Waals surface area contributed by atoms with Gasteiger partial charge in [0.15, 0.2) is 5.82 Å². The van der Waals surface area contributed by atoms with Crippen molar-refractivity contribution < 1.29 is 9.63 Å².